The molecule has 0 radical (unpaired) electrons. The van der Waals surface area contributed by atoms with Crippen molar-refractivity contribution < 1.29 is 9.18 Å². The van der Waals surface area contributed by atoms with Crippen molar-refractivity contribution in [3.8, 4) is 6.07 Å². The summed E-state index contributed by atoms with van der Waals surface area (Å²) >= 11 is 17.7. The third-order valence-corrected chi connectivity index (χ3v) is 3.74. The van der Waals surface area contributed by atoms with Crippen molar-refractivity contribution in [2.45, 2.75) is 5.92 Å². The average Bonchev–Trinajstić information content (AvgIpc) is 2.41. The molecule has 0 aromatic heterocycles. The van der Waals surface area contributed by atoms with Gasteiger partial charge in [-0.05, 0) is 35.9 Å². The summed E-state index contributed by atoms with van der Waals surface area (Å²) in [6, 6.07) is 9.75. The van der Waals surface area contributed by atoms with Crippen LogP contribution in [-0.4, -0.2) is 5.78 Å². The largest absolute Gasteiger partial charge is 0.292 e. The highest BCUT2D eigenvalue weighted by Gasteiger charge is 2.25. The molecule has 2 aromatic rings. The van der Waals surface area contributed by atoms with Gasteiger partial charge in [0.05, 0.1) is 11.1 Å². The minimum atomic E-state index is -1.14. The quantitative estimate of drug-likeness (QED) is 0.712. The molecule has 106 valence electrons. The highest BCUT2D eigenvalue weighted by atomic mass is 35.5. The number of nitriles is 1. The number of rotatable bonds is 3. The van der Waals surface area contributed by atoms with Gasteiger partial charge in [0.25, 0.3) is 0 Å². The Morgan fingerprint density at radius 3 is 2.38 bits per heavy atom. The molecule has 1 unspecified atom stereocenters. The summed E-state index contributed by atoms with van der Waals surface area (Å²) < 4.78 is 13.0. The van der Waals surface area contributed by atoms with Gasteiger partial charge in [0.2, 0.25) is 0 Å². The van der Waals surface area contributed by atoms with Crippen LogP contribution in [0, 0.1) is 17.1 Å². The van der Waals surface area contributed by atoms with Crippen LogP contribution in [0.2, 0.25) is 15.1 Å². The number of carbonyl (C=O) groups excluding carboxylic acids is 1. The Kier molecular flexibility index (Phi) is 4.84. The second kappa shape index (κ2) is 6.44. The third kappa shape index (κ3) is 3.36. The Morgan fingerprint density at radius 2 is 1.81 bits per heavy atom. The summed E-state index contributed by atoms with van der Waals surface area (Å²) in [4.78, 5) is 12.4. The van der Waals surface area contributed by atoms with Crippen LogP contribution < -0.4 is 0 Å². The summed E-state index contributed by atoms with van der Waals surface area (Å²) in [5.74, 6) is -2.25. The molecule has 0 spiro atoms. The molecule has 2 rings (SSSR count). The lowest BCUT2D eigenvalue weighted by molar-refractivity contribution is 0.0979. The van der Waals surface area contributed by atoms with Gasteiger partial charge in [-0.15, -0.1) is 0 Å². The van der Waals surface area contributed by atoms with E-state index in [1.807, 2.05) is 6.07 Å². The van der Waals surface area contributed by atoms with E-state index in [2.05, 4.69) is 0 Å². The number of carbonyl (C=O) groups is 1. The molecule has 1 atom stereocenters. The van der Waals surface area contributed by atoms with Crippen molar-refractivity contribution in [2.75, 3.05) is 0 Å². The number of hydrogen-bond donors (Lipinski definition) is 0. The van der Waals surface area contributed by atoms with E-state index < -0.39 is 17.5 Å². The van der Waals surface area contributed by atoms with Gasteiger partial charge in [0.15, 0.2) is 5.78 Å². The number of benzene rings is 2. The van der Waals surface area contributed by atoms with Crippen LogP contribution in [0.5, 0.6) is 0 Å². The van der Waals surface area contributed by atoms with E-state index >= 15 is 0 Å². The summed E-state index contributed by atoms with van der Waals surface area (Å²) in [6.45, 7) is 0. The molecule has 0 heterocycles. The maximum absolute atomic E-state index is 13.0. The molecule has 0 aliphatic heterocycles. The van der Waals surface area contributed by atoms with E-state index in [0.29, 0.717) is 10.6 Å². The van der Waals surface area contributed by atoms with Crippen LogP contribution in [0.1, 0.15) is 21.8 Å². The highest BCUT2D eigenvalue weighted by Crippen LogP contribution is 2.31. The van der Waals surface area contributed by atoms with Crippen molar-refractivity contribution in [1.29, 1.82) is 5.26 Å². The lowest BCUT2D eigenvalue weighted by Crippen LogP contribution is -2.12. The predicted molar refractivity (Wildman–Crippen MR) is 80.6 cm³/mol. The minimum absolute atomic E-state index is 0.0506. The molecule has 0 aliphatic carbocycles. The topological polar surface area (TPSA) is 40.9 Å². The first kappa shape index (κ1) is 15.8. The Bertz CT molecular complexity index is 755. The van der Waals surface area contributed by atoms with Gasteiger partial charge in [-0.3, -0.25) is 4.79 Å². The predicted octanol–water partition coefficient (Wildman–Crippen LogP) is 5.28. The lowest BCUT2D eigenvalue weighted by Gasteiger charge is -2.12. The maximum Gasteiger partial charge on any atom is 0.186 e. The van der Waals surface area contributed by atoms with E-state index in [-0.39, 0.29) is 15.6 Å². The van der Waals surface area contributed by atoms with Gasteiger partial charge in [0.1, 0.15) is 11.7 Å². The van der Waals surface area contributed by atoms with Crippen LogP contribution in [0.4, 0.5) is 4.39 Å². The molecular weight excluding hydrogens is 336 g/mol. The monoisotopic (exact) mass is 341 g/mol. The van der Waals surface area contributed by atoms with Gasteiger partial charge < -0.3 is 0 Å². The molecule has 0 saturated carbocycles. The fraction of sp³-hybridized carbons (Fsp3) is 0.0667. The highest BCUT2D eigenvalue weighted by molar-refractivity contribution is 6.36. The van der Waals surface area contributed by atoms with Crippen LogP contribution in [-0.2, 0) is 0 Å². The number of halogens is 4. The summed E-state index contributed by atoms with van der Waals surface area (Å²) in [5.41, 5.74) is 0.393. The molecular formula is C15H7Cl3FNO. The second-order valence-corrected chi connectivity index (χ2v) is 5.47. The summed E-state index contributed by atoms with van der Waals surface area (Å²) in [5, 5.41) is 9.83. The SMILES string of the molecule is N#CC(C(=O)c1ccc(F)cc1Cl)c1ccc(Cl)cc1Cl. The molecule has 0 saturated heterocycles. The van der Waals surface area contributed by atoms with E-state index in [1.54, 1.807) is 0 Å². The Labute approximate surface area is 135 Å². The maximum atomic E-state index is 13.0. The van der Waals surface area contributed by atoms with Crippen molar-refractivity contribution >= 4 is 40.6 Å². The number of Topliss-reactive ketones (excluding diaryl/α,β-unsaturated/α-hetero) is 1. The number of hydrogen-bond acceptors (Lipinski definition) is 2. The van der Waals surface area contributed by atoms with Gasteiger partial charge in [0, 0.05) is 15.6 Å². The van der Waals surface area contributed by atoms with Crippen molar-refractivity contribution in [1.82, 2.24) is 0 Å². The van der Waals surface area contributed by atoms with E-state index in [0.717, 1.165) is 12.1 Å². The first-order valence-electron chi connectivity index (χ1n) is 5.78. The second-order valence-electron chi connectivity index (χ2n) is 4.22. The van der Waals surface area contributed by atoms with Crippen molar-refractivity contribution in [3.05, 3.63) is 68.4 Å². The average molecular weight is 343 g/mol. The normalized spacial score (nSPS) is 11.8. The zero-order chi connectivity index (χ0) is 15.6. The molecule has 2 aromatic carbocycles. The Balaban J connectivity index is 2.46. The van der Waals surface area contributed by atoms with Crippen LogP contribution >= 0.6 is 34.8 Å². The molecule has 0 aliphatic rings. The molecule has 0 N–H and O–H groups in total. The molecule has 0 fully saturated rings. The van der Waals surface area contributed by atoms with Crippen LogP contribution in [0.15, 0.2) is 36.4 Å². The van der Waals surface area contributed by atoms with Crippen molar-refractivity contribution in [2.24, 2.45) is 0 Å². The molecule has 0 amide bonds. The number of ketones is 1. The summed E-state index contributed by atoms with van der Waals surface area (Å²) in [6.07, 6.45) is 0. The molecule has 21 heavy (non-hydrogen) atoms. The van der Waals surface area contributed by atoms with Crippen molar-refractivity contribution in [3.63, 3.8) is 0 Å². The van der Waals surface area contributed by atoms with E-state index in [1.165, 1.54) is 24.3 Å². The molecule has 2 nitrogen and oxygen atoms in total. The molecule has 6 heteroatoms. The summed E-state index contributed by atoms with van der Waals surface area (Å²) in [7, 11) is 0. The van der Waals surface area contributed by atoms with Gasteiger partial charge >= 0.3 is 0 Å². The van der Waals surface area contributed by atoms with Crippen LogP contribution in [0.3, 0.4) is 0 Å². The van der Waals surface area contributed by atoms with Gasteiger partial charge in [-0.1, -0.05) is 40.9 Å². The Hall–Kier alpha value is -1.60. The zero-order valence-electron chi connectivity index (χ0n) is 10.4. The van der Waals surface area contributed by atoms with Gasteiger partial charge in [-0.2, -0.15) is 5.26 Å². The Morgan fingerprint density at radius 1 is 1.10 bits per heavy atom. The molecule has 0 bridgehead atoms. The lowest BCUT2D eigenvalue weighted by atomic mass is 9.92. The minimum Gasteiger partial charge on any atom is -0.292 e. The zero-order valence-corrected chi connectivity index (χ0v) is 12.7. The fourth-order valence-corrected chi connectivity index (χ4v) is 2.63. The van der Waals surface area contributed by atoms with E-state index in [9.17, 15) is 14.4 Å². The fourth-order valence-electron chi connectivity index (χ4n) is 1.85. The van der Waals surface area contributed by atoms with Crippen LogP contribution in [0.25, 0.3) is 0 Å². The third-order valence-electron chi connectivity index (χ3n) is 2.86. The number of nitrogens with zero attached hydrogens (tertiary/aromatic N) is 1. The van der Waals surface area contributed by atoms with Gasteiger partial charge in [-0.25, -0.2) is 4.39 Å². The first-order chi connectivity index (χ1) is 9.93. The van der Waals surface area contributed by atoms with E-state index in [4.69, 9.17) is 34.8 Å². The standard InChI is InChI=1S/C15H7Cl3FNO/c16-8-1-3-10(13(17)5-8)12(7-20)15(21)11-4-2-9(19)6-14(11)18/h1-6,12H. The first-order valence-corrected chi connectivity index (χ1v) is 6.91. The smallest absolute Gasteiger partial charge is 0.186 e.